The SMILES string of the molecule is CCNC(=NCC1(c2ccc3c(c2)OCO3)CCOCC1)NCCc1csc(C)n1.I. The number of ether oxygens (including phenoxy) is 3. The number of nitrogens with one attached hydrogen (secondary N) is 2. The molecular weight excluding hydrogens is 527 g/mol. The first-order chi connectivity index (χ1) is 14.7. The summed E-state index contributed by atoms with van der Waals surface area (Å²) in [6, 6.07) is 6.28. The molecule has 0 saturated carbocycles. The first-order valence-electron chi connectivity index (χ1n) is 10.6. The Morgan fingerprint density at radius 2 is 2.00 bits per heavy atom. The van der Waals surface area contributed by atoms with Gasteiger partial charge >= 0.3 is 0 Å². The Labute approximate surface area is 205 Å². The van der Waals surface area contributed by atoms with E-state index in [-0.39, 0.29) is 29.4 Å². The van der Waals surface area contributed by atoms with E-state index in [1.165, 1.54) is 5.56 Å². The fraction of sp³-hybridized carbons (Fsp3) is 0.545. The zero-order valence-corrected chi connectivity index (χ0v) is 21.3. The summed E-state index contributed by atoms with van der Waals surface area (Å²) in [6.45, 7) is 8.23. The van der Waals surface area contributed by atoms with E-state index >= 15 is 0 Å². The molecular formula is C22H31IN4O3S. The number of halogens is 1. The van der Waals surface area contributed by atoms with Gasteiger partial charge in [0.2, 0.25) is 6.79 Å². The van der Waals surface area contributed by atoms with E-state index in [1.54, 1.807) is 11.3 Å². The molecule has 7 nitrogen and oxygen atoms in total. The summed E-state index contributed by atoms with van der Waals surface area (Å²) < 4.78 is 16.8. The fourth-order valence-corrected chi connectivity index (χ4v) is 4.58. The molecule has 170 valence electrons. The lowest BCUT2D eigenvalue weighted by molar-refractivity contribution is 0.0530. The molecule has 0 aliphatic carbocycles. The molecule has 0 radical (unpaired) electrons. The van der Waals surface area contributed by atoms with Gasteiger partial charge in [-0.15, -0.1) is 35.3 Å². The minimum Gasteiger partial charge on any atom is -0.454 e. The third kappa shape index (κ3) is 6.01. The molecule has 0 amide bonds. The van der Waals surface area contributed by atoms with Crippen LogP contribution in [0.2, 0.25) is 0 Å². The van der Waals surface area contributed by atoms with Gasteiger partial charge in [-0.3, -0.25) is 4.99 Å². The van der Waals surface area contributed by atoms with Gasteiger partial charge in [-0.25, -0.2) is 4.98 Å². The van der Waals surface area contributed by atoms with Crippen molar-refractivity contribution >= 4 is 41.3 Å². The van der Waals surface area contributed by atoms with Crippen LogP contribution in [0.4, 0.5) is 0 Å². The lowest BCUT2D eigenvalue weighted by Crippen LogP contribution is -2.41. The van der Waals surface area contributed by atoms with Crippen molar-refractivity contribution in [1.29, 1.82) is 0 Å². The van der Waals surface area contributed by atoms with Crippen molar-refractivity contribution in [1.82, 2.24) is 15.6 Å². The van der Waals surface area contributed by atoms with Gasteiger partial charge in [-0.05, 0) is 44.4 Å². The number of fused-ring (bicyclic) bond motifs is 1. The maximum Gasteiger partial charge on any atom is 0.231 e. The topological polar surface area (TPSA) is 77.0 Å². The summed E-state index contributed by atoms with van der Waals surface area (Å²) in [7, 11) is 0. The van der Waals surface area contributed by atoms with Crippen LogP contribution in [0.3, 0.4) is 0 Å². The maximum atomic E-state index is 5.67. The molecule has 0 atom stereocenters. The predicted octanol–water partition coefficient (Wildman–Crippen LogP) is 3.64. The number of aliphatic imine (C=N–C) groups is 1. The molecule has 0 unspecified atom stereocenters. The third-order valence-electron chi connectivity index (χ3n) is 5.66. The Hall–Kier alpha value is -1.59. The van der Waals surface area contributed by atoms with Gasteiger partial charge in [0.05, 0.1) is 17.2 Å². The van der Waals surface area contributed by atoms with Crippen molar-refractivity contribution < 1.29 is 14.2 Å². The van der Waals surface area contributed by atoms with Crippen LogP contribution in [0.5, 0.6) is 11.5 Å². The lowest BCUT2D eigenvalue weighted by atomic mass is 9.74. The number of thiazole rings is 1. The minimum atomic E-state index is -0.0619. The first kappa shape index (κ1) is 24.1. The van der Waals surface area contributed by atoms with Crippen LogP contribution in [-0.2, 0) is 16.6 Å². The van der Waals surface area contributed by atoms with Crippen molar-refractivity contribution in [3.8, 4) is 11.5 Å². The molecule has 9 heteroatoms. The van der Waals surface area contributed by atoms with Gasteiger partial charge in [-0.1, -0.05) is 6.07 Å². The van der Waals surface area contributed by atoms with E-state index in [2.05, 4.69) is 40.1 Å². The summed E-state index contributed by atoms with van der Waals surface area (Å²) in [4.78, 5) is 9.50. The quantitative estimate of drug-likeness (QED) is 0.307. The predicted molar refractivity (Wildman–Crippen MR) is 134 cm³/mol. The van der Waals surface area contributed by atoms with Crippen molar-refractivity contribution in [2.24, 2.45) is 4.99 Å². The number of aromatic nitrogens is 1. The summed E-state index contributed by atoms with van der Waals surface area (Å²) in [5, 5.41) is 10.1. The molecule has 2 aliphatic heterocycles. The molecule has 0 spiro atoms. The maximum absolute atomic E-state index is 5.67. The number of hydrogen-bond donors (Lipinski definition) is 2. The highest BCUT2D eigenvalue weighted by molar-refractivity contribution is 14.0. The van der Waals surface area contributed by atoms with Crippen LogP contribution in [0.25, 0.3) is 0 Å². The van der Waals surface area contributed by atoms with Crippen LogP contribution in [0.15, 0.2) is 28.6 Å². The monoisotopic (exact) mass is 558 g/mol. The molecule has 0 bridgehead atoms. The highest BCUT2D eigenvalue weighted by Crippen LogP contribution is 2.41. The fourth-order valence-electron chi connectivity index (χ4n) is 3.93. The Bertz CT molecular complexity index is 883. The number of guanidine groups is 1. The number of rotatable bonds is 7. The molecule has 31 heavy (non-hydrogen) atoms. The second-order valence-electron chi connectivity index (χ2n) is 7.69. The van der Waals surface area contributed by atoms with E-state index in [1.807, 2.05) is 13.0 Å². The lowest BCUT2D eigenvalue weighted by Gasteiger charge is -2.36. The van der Waals surface area contributed by atoms with E-state index in [9.17, 15) is 0 Å². The van der Waals surface area contributed by atoms with Gasteiger partial charge in [0.1, 0.15) is 0 Å². The zero-order valence-electron chi connectivity index (χ0n) is 18.1. The normalized spacial score (nSPS) is 17.2. The number of aryl methyl sites for hydroxylation is 1. The molecule has 4 rings (SSSR count). The van der Waals surface area contributed by atoms with Crippen molar-refractivity contribution in [3.05, 3.63) is 39.8 Å². The second-order valence-corrected chi connectivity index (χ2v) is 8.75. The molecule has 2 aromatic rings. The van der Waals surface area contributed by atoms with E-state index in [4.69, 9.17) is 19.2 Å². The Kier molecular flexibility index (Phi) is 8.79. The smallest absolute Gasteiger partial charge is 0.231 e. The Balaban J connectivity index is 0.00000272. The van der Waals surface area contributed by atoms with Crippen LogP contribution >= 0.6 is 35.3 Å². The molecule has 1 aromatic carbocycles. The third-order valence-corrected chi connectivity index (χ3v) is 6.48. The van der Waals surface area contributed by atoms with Crippen molar-refractivity contribution in [2.45, 2.75) is 38.5 Å². The number of benzene rings is 1. The van der Waals surface area contributed by atoms with Gasteiger partial charge < -0.3 is 24.8 Å². The van der Waals surface area contributed by atoms with E-state index in [0.29, 0.717) is 13.3 Å². The highest BCUT2D eigenvalue weighted by atomic mass is 127. The number of nitrogens with zero attached hydrogens (tertiary/aromatic N) is 2. The molecule has 1 aromatic heterocycles. The standard InChI is InChI=1S/C22H30N4O3S.HI/c1-3-23-21(24-9-6-18-13-30-16(2)26-18)25-14-22(7-10-27-11-8-22)17-4-5-19-20(12-17)29-15-28-19;/h4-5,12-13H,3,6-11,14-15H2,1-2H3,(H2,23,24,25);1H. The van der Waals surface area contributed by atoms with Crippen molar-refractivity contribution in [2.75, 3.05) is 39.6 Å². The summed E-state index contributed by atoms with van der Waals surface area (Å²) in [5.74, 6) is 2.48. The largest absolute Gasteiger partial charge is 0.454 e. The average Bonchev–Trinajstić information content (AvgIpc) is 3.41. The molecule has 1 fully saturated rings. The number of hydrogen-bond acceptors (Lipinski definition) is 6. The minimum absolute atomic E-state index is 0. The van der Waals surface area contributed by atoms with Crippen LogP contribution < -0.4 is 20.1 Å². The molecule has 1 saturated heterocycles. The van der Waals surface area contributed by atoms with E-state index < -0.39 is 0 Å². The molecule has 2 aliphatic rings. The summed E-state index contributed by atoms with van der Waals surface area (Å²) in [5.41, 5.74) is 2.31. The Morgan fingerprint density at radius 3 is 2.74 bits per heavy atom. The van der Waals surface area contributed by atoms with Gasteiger partial charge in [-0.2, -0.15) is 0 Å². The van der Waals surface area contributed by atoms with Crippen molar-refractivity contribution in [3.63, 3.8) is 0 Å². The van der Waals surface area contributed by atoms with Gasteiger partial charge in [0.15, 0.2) is 17.5 Å². The van der Waals surface area contributed by atoms with Gasteiger partial charge in [0.25, 0.3) is 0 Å². The molecule has 3 heterocycles. The highest BCUT2D eigenvalue weighted by Gasteiger charge is 2.35. The average molecular weight is 558 g/mol. The first-order valence-corrected chi connectivity index (χ1v) is 11.5. The summed E-state index contributed by atoms with van der Waals surface area (Å²) >= 11 is 1.69. The molecule has 2 N–H and O–H groups in total. The van der Waals surface area contributed by atoms with Crippen LogP contribution in [0.1, 0.15) is 36.0 Å². The zero-order chi connectivity index (χ0) is 20.8. The Morgan fingerprint density at radius 1 is 1.19 bits per heavy atom. The summed E-state index contributed by atoms with van der Waals surface area (Å²) in [6.07, 6.45) is 2.76. The van der Waals surface area contributed by atoms with Gasteiger partial charge in [0, 0.05) is 43.5 Å². The second kappa shape index (κ2) is 11.3. The van der Waals surface area contributed by atoms with Crippen LogP contribution in [-0.4, -0.2) is 50.6 Å². The van der Waals surface area contributed by atoms with E-state index in [0.717, 1.165) is 73.7 Å². The van der Waals surface area contributed by atoms with Crippen LogP contribution in [0, 0.1) is 6.92 Å².